The van der Waals surface area contributed by atoms with Crippen LogP contribution in [0.1, 0.15) is 17.3 Å². The average Bonchev–Trinajstić information content (AvgIpc) is 2.49. The summed E-state index contributed by atoms with van der Waals surface area (Å²) in [5, 5.41) is 5.20. The first-order chi connectivity index (χ1) is 10.6. The highest BCUT2D eigenvalue weighted by atomic mass is 16.5. The van der Waals surface area contributed by atoms with Crippen LogP contribution in [0.25, 0.3) is 0 Å². The van der Waals surface area contributed by atoms with Gasteiger partial charge in [0.15, 0.2) is 0 Å². The molecule has 4 N–H and O–H groups in total. The molecule has 0 bridgehead atoms. The van der Waals surface area contributed by atoms with Gasteiger partial charge in [-0.15, -0.1) is 0 Å². The number of nitrogens with two attached hydrogens (primary N) is 1. The molecular weight excluding hydrogens is 282 g/mol. The van der Waals surface area contributed by atoms with Crippen molar-refractivity contribution >= 4 is 23.3 Å². The van der Waals surface area contributed by atoms with Crippen molar-refractivity contribution in [3.63, 3.8) is 0 Å². The first-order valence-corrected chi connectivity index (χ1v) is 6.79. The number of primary amides is 1. The molecule has 0 aliphatic carbocycles. The molecule has 0 spiro atoms. The second-order valence-electron chi connectivity index (χ2n) is 4.48. The first-order valence-electron chi connectivity index (χ1n) is 6.79. The number of hydrogen-bond donors (Lipinski definition) is 3. The molecule has 0 unspecified atom stereocenters. The Labute approximate surface area is 128 Å². The van der Waals surface area contributed by atoms with Crippen LogP contribution in [0.3, 0.4) is 0 Å². The molecule has 0 heterocycles. The van der Waals surface area contributed by atoms with Gasteiger partial charge < -0.3 is 21.1 Å². The number of ether oxygens (including phenoxy) is 1. The average molecular weight is 299 g/mol. The minimum Gasteiger partial charge on any atom is -0.494 e. The van der Waals surface area contributed by atoms with Gasteiger partial charge in [-0.05, 0) is 49.4 Å². The van der Waals surface area contributed by atoms with Crippen molar-refractivity contribution in [3.8, 4) is 5.75 Å². The normalized spacial score (nSPS) is 9.86. The monoisotopic (exact) mass is 299 g/mol. The van der Waals surface area contributed by atoms with Gasteiger partial charge in [0, 0.05) is 16.9 Å². The number of rotatable bonds is 5. The zero-order valence-corrected chi connectivity index (χ0v) is 12.1. The Morgan fingerprint density at radius 1 is 1.05 bits per heavy atom. The molecular formula is C16H17N3O3. The summed E-state index contributed by atoms with van der Waals surface area (Å²) in [5.41, 5.74) is 6.59. The van der Waals surface area contributed by atoms with E-state index < -0.39 is 6.03 Å². The molecule has 22 heavy (non-hydrogen) atoms. The van der Waals surface area contributed by atoms with E-state index >= 15 is 0 Å². The van der Waals surface area contributed by atoms with Gasteiger partial charge in [-0.2, -0.15) is 0 Å². The molecule has 6 nitrogen and oxygen atoms in total. The summed E-state index contributed by atoms with van der Waals surface area (Å²) in [6.45, 7) is 2.49. The number of anilines is 2. The van der Waals surface area contributed by atoms with Crippen molar-refractivity contribution in [1.82, 2.24) is 0 Å². The molecule has 6 heteroatoms. The fraction of sp³-hybridized carbons (Fsp3) is 0.125. The lowest BCUT2D eigenvalue weighted by Crippen LogP contribution is -2.19. The quantitative estimate of drug-likeness (QED) is 0.792. The minimum atomic E-state index is -0.677. The number of hydrogen-bond acceptors (Lipinski definition) is 3. The third-order valence-corrected chi connectivity index (χ3v) is 2.82. The van der Waals surface area contributed by atoms with E-state index in [1.807, 2.05) is 6.92 Å². The Morgan fingerprint density at radius 3 is 2.41 bits per heavy atom. The van der Waals surface area contributed by atoms with Gasteiger partial charge in [-0.1, -0.05) is 6.07 Å². The summed E-state index contributed by atoms with van der Waals surface area (Å²) in [6, 6.07) is 12.9. The van der Waals surface area contributed by atoms with Crippen LogP contribution in [0.15, 0.2) is 48.5 Å². The summed E-state index contributed by atoms with van der Waals surface area (Å²) in [6.07, 6.45) is 0. The molecule has 0 fully saturated rings. The summed E-state index contributed by atoms with van der Waals surface area (Å²) in [5.74, 6) is 0.463. The smallest absolute Gasteiger partial charge is 0.316 e. The highest BCUT2D eigenvalue weighted by molar-refractivity contribution is 6.05. The van der Waals surface area contributed by atoms with Gasteiger partial charge in [0.2, 0.25) is 0 Å². The SMILES string of the molecule is CCOc1ccc(NC(=O)c2cccc(NC(N)=O)c2)cc1. The first kappa shape index (κ1) is 15.4. The molecule has 114 valence electrons. The maximum Gasteiger partial charge on any atom is 0.316 e. The van der Waals surface area contributed by atoms with Gasteiger partial charge in [0.1, 0.15) is 5.75 Å². The number of benzene rings is 2. The van der Waals surface area contributed by atoms with Gasteiger partial charge >= 0.3 is 6.03 Å². The van der Waals surface area contributed by atoms with Crippen LogP contribution in [-0.2, 0) is 0 Å². The number of urea groups is 1. The van der Waals surface area contributed by atoms with Crippen LogP contribution in [0.4, 0.5) is 16.2 Å². The molecule has 0 saturated heterocycles. The third kappa shape index (κ3) is 4.24. The Kier molecular flexibility index (Phi) is 4.98. The summed E-state index contributed by atoms with van der Waals surface area (Å²) in [4.78, 5) is 23.0. The van der Waals surface area contributed by atoms with Crippen molar-refractivity contribution in [1.29, 1.82) is 0 Å². The van der Waals surface area contributed by atoms with Crippen LogP contribution < -0.4 is 21.1 Å². The lowest BCUT2D eigenvalue weighted by molar-refractivity contribution is 0.102. The van der Waals surface area contributed by atoms with Crippen LogP contribution in [0.5, 0.6) is 5.75 Å². The molecule has 2 aromatic carbocycles. The van der Waals surface area contributed by atoms with Gasteiger partial charge in [0.25, 0.3) is 5.91 Å². The van der Waals surface area contributed by atoms with E-state index in [0.29, 0.717) is 23.5 Å². The van der Waals surface area contributed by atoms with Crippen molar-refractivity contribution in [2.24, 2.45) is 5.73 Å². The molecule has 2 rings (SSSR count). The third-order valence-electron chi connectivity index (χ3n) is 2.82. The van der Waals surface area contributed by atoms with E-state index in [9.17, 15) is 9.59 Å². The molecule has 0 aliphatic heterocycles. The highest BCUT2D eigenvalue weighted by Gasteiger charge is 2.07. The van der Waals surface area contributed by atoms with Crippen LogP contribution in [0, 0.1) is 0 Å². The molecule has 2 aromatic rings. The fourth-order valence-corrected chi connectivity index (χ4v) is 1.88. The maximum absolute atomic E-state index is 12.2. The predicted octanol–water partition coefficient (Wildman–Crippen LogP) is 2.83. The van der Waals surface area contributed by atoms with Gasteiger partial charge in [0.05, 0.1) is 6.61 Å². The largest absolute Gasteiger partial charge is 0.494 e. The van der Waals surface area contributed by atoms with E-state index in [4.69, 9.17) is 10.5 Å². The van der Waals surface area contributed by atoms with E-state index in [1.54, 1.807) is 48.5 Å². The fourth-order valence-electron chi connectivity index (χ4n) is 1.88. The Bertz CT molecular complexity index is 669. The standard InChI is InChI=1S/C16H17N3O3/c1-2-22-14-8-6-12(7-9-14)18-15(20)11-4-3-5-13(10-11)19-16(17)21/h3-10H,2H2,1H3,(H,18,20)(H3,17,19,21). The predicted molar refractivity (Wildman–Crippen MR) is 85.2 cm³/mol. The zero-order chi connectivity index (χ0) is 15.9. The number of carbonyl (C=O) groups is 2. The Balaban J connectivity index is 2.06. The van der Waals surface area contributed by atoms with E-state index in [2.05, 4.69) is 10.6 Å². The van der Waals surface area contributed by atoms with E-state index in [1.165, 1.54) is 0 Å². The van der Waals surface area contributed by atoms with Crippen molar-refractivity contribution < 1.29 is 14.3 Å². The second kappa shape index (κ2) is 7.12. The number of nitrogens with one attached hydrogen (secondary N) is 2. The van der Waals surface area contributed by atoms with Crippen LogP contribution in [-0.4, -0.2) is 18.5 Å². The molecule has 0 atom stereocenters. The highest BCUT2D eigenvalue weighted by Crippen LogP contribution is 2.17. The minimum absolute atomic E-state index is 0.280. The lowest BCUT2D eigenvalue weighted by Gasteiger charge is -2.08. The summed E-state index contributed by atoms with van der Waals surface area (Å²) >= 11 is 0. The van der Waals surface area contributed by atoms with Crippen LogP contribution >= 0.6 is 0 Å². The molecule has 0 aliphatic rings. The van der Waals surface area contributed by atoms with Gasteiger partial charge in [-0.25, -0.2) is 4.79 Å². The lowest BCUT2D eigenvalue weighted by atomic mass is 10.2. The van der Waals surface area contributed by atoms with E-state index in [-0.39, 0.29) is 5.91 Å². The summed E-state index contributed by atoms with van der Waals surface area (Å²) in [7, 11) is 0. The topological polar surface area (TPSA) is 93.4 Å². The van der Waals surface area contributed by atoms with Crippen molar-refractivity contribution in [3.05, 3.63) is 54.1 Å². The molecule has 0 radical (unpaired) electrons. The molecule has 0 aromatic heterocycles. The van der Waals surface area contributed by atoms with Gasteiger partial charge in [-0.3, -0.25) is 4.79 Å². The van der Waals surface area contributed by atoms with Crippen LogP contribution in [0.2, 0.25) is 0 Å². The Hall–Kier alpha value is -3.02. The molecule has 0 saturated carbocycles. The Morgan fingerprint density at radius 2 is 1.77 bits per heavy atom. The molecule has 3 amide bonds. The van der Waals surface area contributed by atoms with Crippen molar-refractivity contribution in [2.75, 3.05) is 17.2 Å². The zero-order valence-electron chi connectivity index (χ0n) is 12.1. The summed E-state index contributed by atoms with van der Waals surface area (Å²) < 4.78 is 5.34. The van der Waals surface area contributed by atoms with Crippen molar-refractivity contribution in [2.45, 2.75) is 6.92 Å². The number of amides is 3. The maximum atomic E-state index is 12.2. The number of carbonyl (C=O) groups excluding carboxylic acids is 2. The second-order valence-corrected chi connectivity index (χ2v) is 4.48. The van der Waals surface area contributed by atoms with E-state index in [0.717, 1.165) is 5.75 Å².